The molecule has 0 unspecified atom stereocenters. The molecule has 0 bridgehead atoms. The van der Waals surface area contributed by atoms with Crippen LogP contribution in [-0.4, -0.2) is 30.5 Å². The molecule has 0 saturated heterocycles. The fourth-order valence-electron chi connectivity index (χ4n) is 2.59. The summed E-state index contributed by atoms with van der Waals surface area (Å²) in [6.45, 7) is 1.62. The maximum absolute atomic E-state index is 13.0. The monoisotopic (exact) mass is 319 g/mol. The molecule has 1 aromatic heterocycles. The van der Waals surface area contributed by atoms with E-state index in [1.807, 2.05) is 6.92 Å². The largest absolute Gasteiger partial charge is 0.467 e. The maximum atomic E-state index is 13.0. The fraction of sp³-hybridized carbons (Fsp3) is 0.250. The molecule has 6 heteroatoms. The van der Waals surface area contributed by atoms with Crippen LogP contribution < -0.4 is 0 Å². The van der Waals surface area contributed by atoms with Crippen molar-refractivity contribution in [3.05, 3.63) is 66.1 Å². The van der Waals surface area contributed by atoms with Crippen molar-refractivity contribution < 1.29 is 17.9 Å². The predicted octanol–water partition coefficient (Wildman–Crippen LogP) is 2.25. The van der Waals surface area contributed by atoms with Crippen molar-refractivity contribution in [3.8, 4) is 0 Å². The third-order valence-corrected chi connectivity index (χ3v) is 5.66. The first-order valence-corrected chi connectivity index (χ1v) is 8.41. The van der Waals surface area contributed by atoms with E-state index in [4.69, 9.17) is 4.42 Å². The molecule has 2 heterocycles. The molecule has 2 atom stereocenters. The summed E-state index contributed by atoms with van der Waals surface area (Å²) in [5.74, 6) is 0.530. The van der Waals surface area contributed by atoms with Crippen molar-refractivity contribution in [2.45, 2.75) is 23.9 Å². The van der Waals surface area contributed by atoms with Gasteiger partial charge in [-0.25, -0.2) is 8.42 Å². The van der Waals surface area contributed by atoms with Gasteiger partial charge in [0.1, 0.15) is 11.8 Å². The van der Waals surface area contributed by atoms with Crippen LogP contribution in [-0.2, 0) is 10.0 Å². The highest BCUT2D eigenvalue weighted by atomic mass is 32.2. The molecule has 1 aliphatic rings. The van der Waals surface area contributed by atoms with Crippen LogP contribution in [0.5, 0.6) is 0 Å². The molecule has 0 fully saturated rings. The van der Waals surface area contributed by atoms with Crippen LogP contribution in [0, 0.1) is 6.92 Å². The number of furan rings is 1. The second-order valence-corrected chi connectivity index (χ2v) is 7.09. The Morgan fingerprint density at radius 2 is 1.91 bits per heavy atom. The van der Waals surface area contributed by atoms with Gasteiger partial charge in [-0.15, -0.1) is 0 Å². The smallest absolute Gasteiger partial charge is 0.244 e. The van der Waals surface area contributed by atoms with Crippen molar-refractivity contribution >= 4 is 10.0 Å². The number of aryl methyl sites for hydroxylation is 1. The Hall–Kier alpha value is -1.89. The molecule has 0 amide bonds. The number of hydrogen-bond acceptors (Lipinski definition) is 4. The van der Waals surface area contributed by atoms with Gasteiger partial charge in [-0.1, -0.05) is 29.8 Å². The van der Waals surface area contributed by atoms with Crippen molar-refractivity contribution in [2.24, 2.45) is 0 Å². The van der Waals surface area contributed by atoms with Gasteiger partial charge in [0.15, 0.2) is 0 Å². The lowest BCUT2D eigenvalue weighted by atomic mass is 10.2. The first-order chi connectivity index (χ1) is 10.5. The fourth-order valence-corrected chi connectivity index (χ4v) is 4.28. The molecule has 1 N–H and O–H groups in total. The Kier molecular flexibility index (Phi) is 3.90. The number of sulfonamides is 1. The molecule has 2 aromatic rings. The van der Waals surface area contributed by atoms with Crippen LogP contribution in [0.1, 0.15) is 17.4 Å². The molecule has 116 valence electrons. The van der Waals surface area contributed by atoms with Gasteiger partial charge >= 0.3 is 0 Å². The van der Waals surface area contributed by atoms with Gasteiger partial charge < -0.3 is 9.52 Å². The molecular formula is C16H17NO4S. The number of hydrogen-bond donors (Lipinski definition) is 1. The van der Waals surface area contributed by atoms with Crippen LogP contribution in [0.4, 0.5) is 0 Å². The summed E-state index contributed by atoms with van der Waals surface area (Å²) >= 11 is 0. The molecule has 3 rings (SSSR count). The Bertz CT molecular complexity index is 763. The summed E-state index contributed by atoms with van der Waals surface area (Å²) in [5, 5.41) is 9.52. The SMILES string of the molecule is Cc1ccc(S(=O)(=O)N2[C@@H](c3ccco3)C=C[C@H]2CO)cc1. The van der Waals surface area contributed by atoms with E-state index in [0.717, 1.165) is 5.56 Å². The third-order valence-electron chi connectivity index (χ3n) is 3.73. The summed E-state index contributed by atoms with van der Waals surface area (Å²) in [5.41, 5.74) is 0.986. The minimum absolute atomic E-state index is 0.205. The molecule has 0 spiro atoms. The van der Waals surface area contributed by atoms with Gasteiger partial charge in [-0.3, -0.25) is 0 Å². The van der Waals surface area contributed by atoms with Gasteiger partial charge in [0.05, 0.1) is 23.8 Å². The summed E-state index contributed by atoms with van der Waals surface area (Å²) in [7, 11) is -3.74. The zero-order valence-corrected chi connectivity index (χ0v) is 12.9. The van der Waals surface area contributed by atoms with Crippen molar-refractivity contribution in [2.75, 3.05) is 6.61 Å². The third kappa shape index (κ3) is 2.49. The van der Waals surface area contributed by atoms with Gasteiger partial charge in [0, 0.05) is 0 Å². The Morgan fingerprint density at radius 3 is 2.50 bits per heavy atom. The average molecular weight is 319 g/mol. The van der Waals surface area contributed by atoms with Gasteiger partial charge in [-0.2, -0.15) is 4.31 Å². The minimum Gasteiger partial charge on any atom is -0.467 e. The van der Waals surface area contributed by atoms with E-state index in [2.05, 4.69) is 0 Å². The van der Waals surface area contributed by atoms with Gasteiger partial charge in [0.25, 0.3) is 0 Å². The van der Waals surface area contributed by atoms with Crippen LogP contribution in [0.15, 0.2) is 64.1 Å². The average Bonchev–Trinajstić information content (AvgIpc) is 3.16. The summed E-state index contributed by atoms with van der Waals surface area (Å²) < 4.78 is 32.5. The first kappa shape index (κ1) is 15.0. The topological polar surface area (TPSA) is 70.8 Å². The lowest BCUT2D eigenvalue weighted by molar-refractivity contribution is 0.204. The Morgan fingerprint density at radius 1 is 1.18 bits per heavy atom. The zero-order valence-electron chi connectivity index (χ0n) is 12.1. The van der Waals surface area contributed by atoms with E-state index in [-0.39, 0.29) is 11.5 Å². The molecule has 0 radical (unpaired) electrons. The van der Waals surface area contributed by atoms with Crippen LogP contribution in [0.3, 0.4) is 0 Å². The van der Waals surface area contributed by atoms with Gasteiger partial charge in [-0.05, 0) is 31.2 Å². The molecule has 0 saturated carbocycles. The first-order valence-electron chi connectivity index (χ1n) is 6.97. The molecule has 22 heavy (non-hydrogen) atoms. The summed E-state index contributed by atoms with van der Waals surface area (Å²) in [4.78, 5) is 0.205. The lowest BCUT2D eigenvalue weighted by Crippen LogP contribution is -2.39. The van der Waals surface area contributed by atoms with E-state index < -0.39 is 22.1 Å². The van der Waals surface area contributed by atoms with Gasteiger partial charge in [0.2, 0.25) is 10.0 Å². The van der Waals surface area contributed by atoms with E-state index in [1.54, 1.807) is 48.6 Å². The zero-order chi connectivity index (χ0) is 15.7. The highest BCUT2D eigenvalue weighted by molar-refractivity contribution is 7.89. The summed E-state index contributed by atoms with van der Waals surface area (Å²) in [6.07, 6.45) is 4.94. The van der Waals surface area contributed by atoms with Crippen LogP contribution in [0.2, 0.25) is 0 Å². The molecule has 5 nitrogen and oxygen atoms in total. The Balaban J connectivity index is 2.04. The molecule has 0 aliphatic carbocycles. The predicted molar refractivity (Wildman–Crippen MR) is 81.7 cm³/mol. The van der Waals surface area contributed by atoms with Crippen LogP contribution >= 0.6 is 0 Å². The van der Waals surface area contributed by atoms with Crippen molar-refractivity contribution in [1.82, 2.24) is 4.31 Å². The number of benzene rings is 1. The highest BCUT2D eigenvalue weighted by Crippen LogP contribution is 2.36. The molecule has 1 aliphatic heterocycles. The maximum Gasteiger partial charge on any atom is 0.244 e. The second-order valence-electron chi connectivity index (χ2n) is 5.24. The Labute approximate surface area is 129 Å². The second kappa shape index (κ2) is 5.72. The normalized spacial score (nSPS) is 22.3. The number of aliphatic hydroxyl groups is 1. The number of rotatable bonds is 4. The number of nitrogens with zero attached hydrogens (tertiary/aromatic N) is 1. The van der Waals surface area contributed by atoms with E-state index in [0.29, 0.717) is 5.76 Å². The molecule has 1 aromatic carbocycles. The van der Waals surface area contributed by atoms with E-state index in [9.17, 15) is 13.5 Å². The summed E-state index contributed by atoms with van der Waals surface area (Å²) in [6, 6.07) is 8.98. The van der Waals surface area contributed by atoms with E-state index in [1.165, 1.54) is 10.6 Å². The highest BCUT2D eigenvalue weighted by Gasteiger charge is 2.40. The van der Waals surface area contributed by atoms with E-state index >= 15 is 0 Å². The lowest BCUT2D eigenvalue weighted by Gasteiger charge is -2.27. The number of aliphatic hydroxyl groups excluding tert-OH is 1. The minimum atomic E-state index is -3.74. The van der Waals surface area contributed by atoms with Crippen LogP contribution in [0.25, 0.3) is 0 Å². The van der Waals surface area contributed by atoms with Crippen molar-refractivity contribution in [3.63, 3.8) is 0 Å². The molecular weight excluding hydrogens is 302 g/mol. The quantitative estimate of drug-likeness (QED) is 0.878. The standard InChI is InChI=1S/C16H17NO4S/c1-12-4-7-14(8-5-12)22(19,20)17-13(11-18)6-9-15(17)16-3-2-10-21-16/h2-10,13,15,18H,11H2,1H3/t13-,15+/m0/s1. The van der Waals surface area contributed by atoms with Crippen molar-refractivity contribution in [1.29, 1.82) is 0 Å².